The van der Waals surface area contributed by atoms with Crippen LogP contribution in [0.25, 0.3) is 0 Å². The first kappa shape index (κ1) is 24.4. The Bertz CT molecular complexity index is 365. The van der Waals surface area contributed by atoms with Gasteiger partial charge in [-0.05, 0) is 6.42 Å². The maximum atomic E-state index is 11.4. The minimum atomic E-state index is -1.53. The maximum Gasteiger partial charge on any atom is 0.208 e. The molecule has 0 atom stereocenters. The molecule has 0 aliphatic carbocycles. The maximum absolute atomic E-state index is 11.4. The molecule has 10 nitrogen and oxygen atoms in total. The minimum absolute atomic E-state index is 0.0258. The van der Waals surface area contributed by atoms with Crippen molar-refractivity contribution in [1.29, 1.82) is 0 Å². The van der Waals surface area contributed by atoms with Gasteiger partial charge in [0.15, 0.2) is 12.6 Å². The van der Waals surface area contributed by atoms with E-state index in [1.807, 2.05) is 0 Å². The summed E-state index contributed by atoms with van der Waals surface area (Å²) in [6.45, 7) is 0.948. The van der Waals surface area contributed by atoms with Crippen molar-refractivity contribution in [2.24, 2.45) is 0 Å². The van der Waals surface area contributed by atoms with Gasteiger partial charge in [-0.2, -0.15) is 0 Å². The zero-order chi connectivity index (χ0) is 19.7. The van der Waals surface area contributed by atoms with Crippen LogP contribution >= 0.6 is 0 Å². The van der Waals surface area contributed by atoms with Gasteiger partial charge >= 0.3 is 0 Å². The number of carbonyl (C=O) groups is 4. The molecule has 0 radical (unpaired) electrons. The average Bonchev–Trinajstić information content (AvgIpc) is 2.68. The fraction of sp³-hybridized carbons (Fsp3) is 0.750. The molecule has 0 aliphatic heterocycles. The van der Waals surface area contributed by atoms with Crippen LogP contribution in [0.2, 0.25) is 0 Å². The number of quaternary nitrogens is 1. The fourth-order valence-electron chi connectivity index (χ4n) is 2.18. The number of rotatable bonds is 19. The first-order chi connectivity index (χ1) is 12.6. The van der Waals surface area contributed by atoms with Crippen molar-refractivity contribution in [3.05, 3.63) is 0 Å². The molecule has 150 valence electrons. The second kappa shape index (κ2) is 14.6. The Morgan fingerprint density at radius 1 is 0.808 bits per heavy atom. The van der Waals surface area contributed by atoms with E-state index >= 15 is 0 Å². The average molecular weight is 377 g/mol. The van der Waals surface area contributed by atoms with E-state index < -0.39 is 11.1 Å². The molecule has 0 saturated carbocycles. The van der Waals surface area contributed by atoms with Gasteiger partial charge in [0.25, 0.3) is 0 Å². The smallest absolute Gasteiger partial charge is 0.208 e. The molecule has 0 aliphatic rings. The van der Waals surface area contributed by atoms with Gasteiger partial charge < -0.3 is 34.6 Å². The third kappa shape index (κ3) is 9.22. The SMILES string of the molecule is O=CC(C=O)(CCC(C=O)(C=O)[NH2+]CCOCCO)NCCOCCO. The van der Waals surface area contributed by atoms with E-state index in [1.54, 1.807) is 0 Å². The summed E-state index contributed by atoms with van der Waals surface area (Å²) in [4.78, 5) is 45.6. The highest BCUT2D eigenvalue weighted by Gasteiger charge is 2.38. The fourth-order valence-corrected chi connectivity index (χ4v) is 2.18. The summed E-state index contributed by atoms with van der Waals surface area (Å²) in [5, 5.41) is 21.5. The summed E-state index contributed by atoms with van der Waals surface area (Å²) in [5.41, 5.74) is -2.95. The molecular weight excluding hydrogens is 348 g/mol. The number of nitrogens with one attached hydrogen (secondary N) is 1. The molecule has 10 heteroatoms. The van der Waals surface area contributed by atoms with Gasteiger partial charge in [0, 0.05) is 13.0 Å². The molecular formula is C16H29N2O8+. The van der Waals surface area contributed by atoms with Gasteiger partial charge in [-0.25, -0.2) is 0 Å². The van der Waals surface area contributed by atoms with Crippen LogP contribution in [0.4, 0.5) is 0 Å². The first-order valence-corrected chi connectivity index (χ1v) is 8.39. The van der Waals surface area contributed by atoms with Crippen molar-refractivity contribution in [2.45, 2.75) is 23.9 Å². The lowest BCUT2D eigenvalue weighted by Crippen LogP contribution is -2.99. The van der Waals surface area contributed by atoms with Gasteiger partial charge in [0.1, 0.15) is 24.7 Å². The van der Waals surface area contributed by atoms with Crippen LogP contribution in [0.15, 0.2) is 0 Å². The zero-order valence-electron chi connectivity index (χ0n) is 14.8. The number of ether oxygens (including phenoxy) is 2. The number of aldehydes is 4. The standard InChI is InChI=1S/C16H28N2O8/c19-5-9-25-7-3-17-15(11-21,12-22)1-2-16(13-23,14-24)18-4-8-26-10-6-20/h11-14,17-20H,1-10H2/p+1. The second-order valence-electron chi connectivity index (χ2n) is 5.72. The quantitative estimate of drug-likeness (QED) is 0.101. The van der Waals surface area contributed by atoms with Crippen molar-refractivity contribution in [2.75, 3.05) is 52.7 Å². The highest BCUT2D eigenvalue weighted by Crippen LogP contribution is 2.13. The summed E-state index contributed by atoms with van der Waals surface area (Å²) >= 11 is 0. The molecule has 0 heterocycles. The molecule has 0 bridgehead atoms. The Morgan fingerprint density at radius 2 is 1.38 bits per heavy atom. The van der Waals surface area contributed by atoms with Gasteiger partial charge in [-0.3, -0.25) is 14.9 Å². The van der Waals surface area contributed by atoms with Gasteiger partial charge in [0.2, 0.25) is 5.54 Å². The van der Waals surface area contributed by atoms with E-state index in [4.69, 9.17) is 19.7 Å². The molecule has 0 aromatic heterocycles. The van der Waals surface area contributed by atoms with Crippen molar-refractivity contribution in [3.63, 3.8) is 0 Å². The topological polar surface area (TPSA) is 156 Å². The first-order valence-electron chi connectivity index (χ1n) is 8.39. The molecule has 26 heavy (non-hydrogen) atoms. The predicted molar refractivity (Wildman–Crippen MR) is 89.6 cm³/mol. The van der Waals surface area contributed by atoms with Crippen LogP contribution in [0.5, 0.6) is 0 Å². The highest BCUT2D eigenvalue weighted by molar-refractivity contribution is 5.90. The summed E-state index contributed by atoms with van der Waals surface area (Å²) in [5.74, 6) is 0. The Kier molecular flexibility index (Phi) is 13.7. The Labute approximate surface area is 152 Å². The van der Waals surface area contributed by atoms with Gasteiger partial charge in [-0.15, -0.1) is 0 Å². The van der Waals surface area contributed by atoms with Crippen molar-refractivity contribution >= 4 is 25.1 Å². The van der Waals surface area contributed by atoms with E-state index in [2.05, 4.69) is 5.32 Å². The van der Waals surface area contributed by atoms with Crippen molar-refractivity contribution in [3.8, 4) is 0 Å². The van der Waals surface area contributed by atoms with Crippen LogP contribution in [0.1, 0.15) is 12.8 Å². The number of aliphatic hydroxyl groups is 2. The van der Waals surface area contributed by atoms with E-state index in [9.17, 15) is 19.2 Å². The third-order valence-electron chi connectivity index (χ3n) is 3.79. The number of nitrogens with two attached hydrogens (primary N) is 1. The van der Waals surface area contributed by atoms with E-state index in [0.29, 0.717) is 31.7 Å². The molecule has 0 rings (SSSR count). The Balaban J connectivity index is 4.65. The largest absolute Gasteiger partial charge is 0.394 e. The second-order valence-corrected chi connectivity index (χ2v) is 5.72. The number of aliphatic hydroxyl groups excluding tert-OH is 2. The van der Waals surface area contributed by atoms with Gasteiger partial charge in [0.05, 0.1) is 39.6 Å². The number of carbonyl (C=O) groups excluding carboxylic acids is 4. The molecule has 0 aromatic rings. The summed E-state index contributed by atoms with van der Waals surface area (Å²) < 4.78 is 10.1. The summed E-state index contributed by atoms with van der Waals surface area (Å²) in [7, 11) is 0. The van der Waals surface area contributed by atoms with Crippen LogP contribution in [0, 0.1) is 0 Å². The van der Waals surface area contributed by atoms with Crippen LogP contribution in [0.3, 0.4) is 0 Å². The lowest BCUT2D eigenvalue weighted by Gasteiger charge is -2.27. The molecule has 0 amide bonds. The van der Waals surface area contributed by atoms with E-state index in [1.165, 1.54) is 5.32 Å². The number of hydrogen-bond donors (Lipinski definition) is 4. The molecule has 0 spiro atoms. The Hall–Kier alpha value is -1.56. The van der Waals surface area contributed by atoms with Crippen LogP contribution < -0.4 is 10.6 Å². The van der Waals surface area contributed by atoms with Crippen LogP contribution in [-0.4, -0.2) is 99.2 Å². The monoisotopic (exact) mass is 377 g/mol. The third-order valence-corrected chi connectivity index (χ3v) is 3.79. The lowest BCUT2D eigenvalue weighted by atomic mass is 9.88. The zero-order valence-corrected chi connectivity index (χ0v) is 14.8. The minimum Gasteiger partial charge on any atom is -0.394 e. The Morgan fingerprint density at radius 3 is 1.88 bits per heavy atom. The van der Waals surface area contributed by atoms with Crippen LogP contribution in [-0.2, 0) is 28.7 Å². The molecule has 0 fully saturated rings. The van der Waals surface area contributed by atoms with E-state index in [0.717, 1.165) is 0 Å². The molecule has 5 N–H and O–H groups in total. The summed E-state index contributed by atoms with van der Waals surface area (Å²) in [6, 6.07) is 0. The van der Waals surface area contributed by atoms with Crippen molar-refractivity contribution in [1.82, 2.24) is 5.32 Å². The van der Waals surface area contributed by atoms with E-state index in [-0.39, 0.29) is 59.0 Å². The molecule has 0 unspecified atom stereocenters. The summed E-state index contributed by atoms with van der Waals surface area (Å²) in [6.07, 6.45) is 1.77. The predicted octanol–water partition coefficient (Wildman–Crippen LogP) is -3.79. The molecule has 0 saturated heterocycles. The normalized spacial score (nSPS) is 11.9. The number of hydrogen-bond acceptors (Lipinski definition) is 9. The van der Waals surface area contributed by atoms with Gasteiger partial charge in [-0.1, -0.05) is 0 Å². The lowest BCUT2D eigenvalue weighted by molar-refractivity contribution is -0.697. The van der Waals surface area contributed by atoms with Crippen molar-refractivity contribution < 1.29 is 44.2 Å². The highest BCUT2D eigenvalue weighted by atomic mass is 16.5. The molecule has 0 aromatic carbocycles.